The van der Waals surface area contributed by atoms with Gasteiger partial charge < -0.3 is 14.7 Å². The number of para-hydroxylation sites is 1. The standard InChI is InChI=1S/C21H31N3O2/c1-3-23-13-15-24(16-14-23)21(26)18-11-9-17(10-12-18)20(25)22(2)19-7-5-4-6-8-19/h4-8,17-18H,3,9-16H2,1-2H3. The van der Waals surface area contributed by atoms with Crippen molar-refractivity contribution in [2.45, 2.75) is 32.6 Å². The van der Waals surface area contributed by atoms with Crippen LogP contribution in [0.5, 0.6) is 0 Å². The van der Waals surface area contributed by atoms with Crippen molar-refractivity contribution >= 4 is 17.5 Å². The highest BCUT2D eigenvalue weighted by Crippen LogP contribution is 2.32. The average Bonchev–Trinajstić information content (AvgIpc) is 2.73. The molecule has 1 aromatic rings. The molecular weight excluding hydrogens is 326 g/mol. The number of carbonyl (C=O) groups excluding carboxylic acids is 2. The van der Waals surface area contributed by atoms with Gasteiger partial charge in [0.1, 0.15) is 0 Å². The summed E-state index contributed by atoms with van der Waals surface area (Å²) < 4.78 is 0. The first-order chi connectivity index (χ1) is 12.6. The number of hydrogen-bond donors (Lipinski definition) is 0. The first-order valence-corrected chi connectivity index (χ1v) is 9.94. The van der Waals surface area contributed by atoms with Gasteiger partial charge in [-0.15, -0.1) is 0 Å². The SMILES string of the molecule is CCN1CCN(C(=O)C2CCC(C(=O)N(C)c3ccccc3)CC2)CC1. The summed E-state index contributed by atoms with van der Waals surface area (Å²) >= 11 is 0. The van der Waals surface area contributed by atoms with Gasteiger partial charge in [0.2, 0.25) is 11.8 Å². The summed E-state index contributed by atoms with van der Waals surface area (Å²) in [7, 11) is 1.85. The van der Waals surface area contributed by atoms with E-state index in [2.05, 4.69) is 11.8 Å². The molecule has 1 aromatic carbocycles. The average molecular weight is 357 g/mol. The summed E-state index contributed by atoms with van der Waals surface area (Å²) in [6.45, 7) is 6.90. The van der Waals surface area contributed by atoms with Gasteiger partial charge in [-0.3, -0.25) is 9.59 Å². The minimum atomic E-state index is 0.0428. The fourth-order valence-electron chi connectivity index (χ4n) is 4.18. The van der Waals surface area contributed by atoms with Crippen LogP contribution in [0.4, 0.5) is 5.69 Å². The highest BCUT2D eigenvalue weighted by molar-refractivity contribution is 5.94. The number of amides is 2. The number of rotatable bonds is 4. The molecule has 1 aliphatic carbocycles. The second kappa shape index (κ2) is 8.67. The summed E-state index contributed by atoms with van der Waals surface area (Å²) in [5, 5.41) is 0. The Balaban J connectivity index is 1.49. The van der Waals surface area contributed by atoms with Crippen molar-refractivity contribution in [1.82, 2.24) is 9.80 Å². The Morgan fingerprint density at radius 1 is 0.962 bits per heavy atom. The van der Waals surface area contributed by atoms with E-state index in [1.165, 1.54) is 0 Å². The summed E-state index contributed by atoms with van der Waals surface area (Å²) in [6.07, 6.45) is 3.32. The smallest absolute Gasteiger partial charge is 0.229 e. The van der Waals surface area contributed by atoms with E-state index in [0.717, 1.165) is 64.1 Å². The number of anilines is 1. The molecule has 1 heterocycles. The highest BCUT2D eigenvalue weighted by Gasteiger charge is 2.34. The van der Waals surface area contributed by atoms with Crippen molar-refractivity contribution < 1.29 is 9.59 Å². The van der Waals surface area contributed by atoms with Crippen molar-refractivity contribution in [2.75, 3.05) is 44.7 Å². The Morgan fingerprint density at radius 2 is 1.54 bits per heavy atom. The molecular formula is C21H31N3O2. The molecule has 1 aliphatic heterocycles. The van der Waals surface area contributed by atoms with E-state index in [9.17, 15) is 9.59 Å². The number of piperazine rings is 1. The second-order valence-corrected chi connectivity index (χ2v) is 7.54. The maximum absolute atomic E-state index is 12.8. The molecule has 5 heteroatoms. The van der Waals surface area contributed by atoms with Crippen LogP contribution in [0.1, 0.15) is 32.6 Å². The number of likely N-dealkylation sites (N-methyl/N-ethyl adjacent to an activating group) is 1. The van der Waals surface area contributed by atoms with Crippen molar-refractivity contribution in [3.63, 3.8) is 0 Å². The first kappa shape index (κ1) is 18.9. The van der Waals surface area contributed by atoms with Crippen LogP contribution < -0.4 is 4.90 Å². The van der Waals surface area contributed by atoms with E-state index in [1.54, 1.807) is 4.90 Å². The van der Waals surface area contributed by atoms with Crippen LogP contribution in [0.3, 0.4) is 0 Å². The first-order valence-electron chi connectivity index (χ1n) is 9.94. The lowest BCUT2D eigenvalue weighted by atomic mass is 9.80. The van der Waals surface area contributed by atoms with Gasteiger partial charge in [0.05, 0.1) is 0 Å². The van der Waals surface area contributed by atoms with Gasteiger partial charge in [0.25, 0.3) is 0 Å². The van der Waals surface area contributed by atoms with Crippen molar-refractivity contribution in [1.29, 1.82) is 0 Å². The quantitative estimate of drug-likeness (QED) is 0.832. The van der Waals surface area contributed by atoms with Gasteiger partial charge in [0.15, 0.2) is 0 Å². The molecule has 1 saturated carbocycles. The van der Waals surface area contributed by atoms with Gasteiger partial charge in [-0.05, 0) is 44.4 Å². The van der Waals surface area contributed by atoms with E-state index < -0.39 is 0 Å². The van der Waals surface area contributed by atoms with Crippen LogP contribution in [-0.4, -0.2) is 61.4 Å². The lowest BCUT2D eigenvalue weighted by molar-refractivity contribution is -0.139. The molecule has 26 heavy (non-hydrogen) atoms. The molecule has 0 atom stereocenters. The third-order valence-corrected chi connectivity index (χ3v) is 6.03. The summed E-state index contributed by atoms with van der Waals surface area (Å²) in [5.41, 5.74) is 0.935. The Hall–Kier alpha value is -1.88. The molecule has 3 rings (SSSR count). The van der Waals surface area contributed by atoms with Crippen molar-refractivity contribution in [3.05, 3.63) is 30.3 Å². The fourth-order valence-corrected chi connectivity index (χ4v) is 4.18. The van der Waals surface area contributed by atoms with Crippen molar-refractivity contribution in [2.24, 2.45) is 11.8 Å². The predicted molar refractivity (Wildman–Crippen MR) is 104 cm³/mol. The Labute approximate surface area is 156 Å². The molecule has 2 amide bonds. The molecule has 0 aromatic heterocycles. The van der Waals surface area contributed by atoms with E-state index in [0.29, 0.717) is 5.91 Å². The third-order valence-electron chi connectivity index (χ3n) is 6.03. The second-order valence-electron chi connectivity index (χ2n) is 7.54. The molecule has 0 unspecified atom stereocenters. The van der Waals surface area contributed by atoms with E-state index in [1.807, 2.05) is 42.3 Å². The number of carbonyl (C=O) groups is 2. The zero-order valence-electron chi connectivity index (χ0n) is 16.1. The molecule has 5 nitrogen and oxygen atoms in total. The van der Waals surface area contributed by atoms with Gasteiger partial charge in [-0.2, -0.15) is 0 Å². The summed E-state index contributed by atoms with van der Waals surface area (Å²) in [5.74, 6) is 0.636. The Morgan fingerprint density at radius 3 is 2.12 bits per heavy atom. The normalized spacial score (nSPS) is 24.3. The van der Waals surface area contributed by atoms with Crippen LogP contribution in [0.2, 0.25) is 0 Å². The topological polar surface area (TPSA) is 43.9 Å². The summed E-state index contributed by atoms with van der Waals surface area (Å²) in [4.78, 5) is 31.7. The lowest BCUT2D eigenvalue weighted by Gasteiger charge is -2.37. The molecule has 0 spiro atoms. The monoisotopic (exact) mass is 357 g/mol. The molecule has 0 N–H and O–H groups in total. The zero-order valence-corrected chi connectivity index (χ0v) is 16.1. The predicted octanol–water partition coefficient (Wildman–Crippen LogP) is 2.62. The minimum absolute atomic E-state index is 0.0428. The molecule has 2 fully saturated rings. The van der Waals surface area contributed by atoms with E-state index >= 15 is 0 Å². The Bertz CT molecular complexity index is 603. The van der Waals surface area contributed by atoms with Crippen molar-refractivity contribution in [3.8, 4) is 0 Å². The number of hydrogen-bond acceptors (Lipinski definition) is 3. The molecule has 2 aliphatic rings. The largest absolute Gasteiger partial charge is 0.340 e. The van der Waals surface area contributed by atoms with Crippen LogP contribution in [-0.2, 0) is 9.59 Å². The third kappa shape index (κ3) is 4.26. The number of benzene rings is 1. The van der Waals surface area contributed by atoms with E-state index in [-0.39, 0.29) is 17.7 Å². The summed E-state index contributed by atoms with van der Waals surface area (Å²) in [6, 6.07) is 9.78. The maximum atomic E-state index is 12.8. The van der Waals surface area contributed by atoms with Crippen LogP contribution in [0, 0.1) is 11.8 Å². The van der Waals surface area contributed by atoms with Crippen LogP contribution in [0.25, 0.3) is 0 Å². The highest BCUT2D eigenvalue weighted by atomic mass is 16.2. The maximum Gasteiger partial charge on any atom is 0.229 e. The lowest BCUT2D eigenvalue weighted by Crippen LogP contribution is -2.50. The van der Waals surface area contributed by atoms with Gasteiger partial charge in [-0.1, -0.05) is 25.1 Å². The van der Waals surface area contributed by atoms with E-state index in [4.69, 9.17) is 0 Å². The number of nitrogens with zero attached hydrogens (tertiary/aromatic N) is 3. The van der Waals surface area contributed by atoms with Gasteiger partial charge in [0, 0.05) is 50.7 Å². The minimum Gasteiger partial charge on any atom is -0.340 e. The molecule has 1 saturated heterocycles. The Kier molecular flexibility index (Phi) is 6.30. The fraction of sp³-hybridized carbons (Fsp3) is 0.619. The zero-order chi connectivity index (χ0) is 18.5. The van der Waals surface area contributed by atoms with Crippen LogP contribution in [0.15, 0.2) is 30.3 Å². The molecule has 142 valence electrons. The van der Waals surface area contributed by atoms with Crippen LogP contribution >= 0.6 is 0 Å². The van der Waals surface area contributed by atoms with Gasteiger partial charge in [-0.25, -0.2) is 0 Å². The molecule has 0 radical (unpaired) electrons. The van der Waals surface area contributed by atoms with Gasteiger partial charge >= 0.3 is 0 Å². The molecule has 0 bridgehead atoms.